The predicted octanol–water partition coefficient (Wildman–Crippen LogP) is 0.690. The average Bonchev–Trinajstić information content (AvgIpc) is 2.13. The molecule has 0 aromatic carbocycles. The first-order chi connectivity index (χ1) is 4.22. The van der Waals surface area contributed by atoms with Crippen molar-refractivity contribution in [1.82, 2.24) is 5.06 Å². The van der Waals surface area contributed by atoms with E-state index in [-0.39, 0.29) is 6.23 Å². The van der Waals surface area contributed by atoms with Gasteiger partial charge in [-0.3, -0.25) is 0 Å². The van der Waals surface area contributed by atoms with Crippen LogP contribution in [0.4, 0.5) is 0 Å². The summed E-state index contributed by atoms with van der Waals surface area (Å²) in [6.07, 6.45) is -0.0787. The van der Waals surface area contributed by atoms with Crippen LogP contribution in [-0.2, 0) is 4.74 Å². The Labute approximate surface area is 55.2 Å². The van der Waals surface area contributed by atoms with Gasteiger partial charge in [-0.15, -0.1) is 0 Å². The lowest BCUT2D eigenvalue weighted by molar-refractivity contribution is -0.169. The average molecular weight is 131 g/mol. The zero-order chi connectivity index (χ0) is 6.85. The van der Waals surface area contributed by atoms with Crippen LogP contribution >= 0.6 is 0 Å². The van der Waals surface area contributed by atoms with E-state index in [4.69, 9.17) is 9.94 Å². The lowest BCUT2D eigenvalue weighted by Crippen LogP contribution is -2.31. The molecular formula is C6H13NO2. The Morgan fingerprint density at radius 2 is 2.33 bits per heavy atom. The number of rotatable bonds is 1. The predicted molar refractivity (Wildman–Crippen MR) is 33.1 cm³/mol. The Balaban J connectivity index is 2.40. The van der Waals surface area contributed by atoms with Crippen molar-refractivity contribution in [2.45, 2.75) is 20.1 Å². The highest BCUT2D eigenvalue weighted by Gasteiger charge is 2.25. The normalized spacial score (nSPS) is 30.0. The molecule has 54 valence electrons. The van der Waals surface area contributed by atoms with Gasteiger partial charge in [-0.05, 0) is 5.92 Å². The van der Waals surface area contributed by atoms with Crippen molar-refractivity contribution in [3.8, 4) is 0 Å². The molecule has 0 aromatic heterocycles. The Morgan fingerprint density at radius 1 is 1.67 bits per heavy atom. The molecule has 1 N–H and O–H groups in total. The Morgan fingerprint density at radius 3 is 2.56 bits per heavy atom. The molecule has 3 nitrogen and oxygen atoms in total. The summed E-state index contributed by atoms with van der Waals surface area (Å²) in [6.45, 7) is 5.35. The van der Waals surface area contributed by atoms with Crippen molar-refractivity contribution in [3.63, 3.8) is 0 Å². The number of hydroxylamine groups is 2. The quantitative estimate of drug-likeness (QED) is 0.568. The lowest BCUT2D eigenvalue weighted by Gasteiger charge is -2.19. The molecule has 9 heavy (non-hydrogen) atoms. The van der Waals surface area contributed by atoms with E-state index in [1.165, 1.54) is 5.06 Å². The van der Waals surface area contributed by atoms with Crippen LogP contribution in [-0.4, -0.2) is 29.7 Å². The Bertz CT molecular complexity index is 95.1. The molecule has 0 aliphatic carbocycles. The summed E-state index contributed by atoms with van der Waals surface area (Å²) in [6, 6.07) is 0. The highest BCUT2D eigenvalue weighted by molar-refractivity contribution is 4.64. The molecule has 1 heterocycles. The molecular weight excluding hydrogens is 118 g/mol. The van der Waals surface area contributed by atoms with Crippen LogP contribution in [0.25, 0.3) is 0 Å². The fourth-order valence-electron chi connectivity index (χ4n) is 1.02. The summed E-state index contributed by atoms with van der Waals surface area (Å²) in [5.74, 6) is 0.373. The standard InChI is InChI=1S/C6H13NO2/c1-5(2)6-7(8)3-4-9-6/h5-6,8H,3-4H2,1-2H3. The fraction of sp³-hybridized carbons (Fsp3) is 1.00. The molecule has 1 atom stereocenters. The molecule has 0 saturated carbocycles. The molecule has 0 aromatic rings. The van der Waals surface area contributed by atoms with Crippen molar-refractivity contribution in [1.29, 1.82) is 0 Å². The molecule has 1 fully saturated rings. The first-order valence-corrected chi connectivity index (χ1v) is 3.29. The van der Waals surface area contributed by atoms with E-state index >= 15 is 0 Å². The third-order valence-corrected chi connectivity index (χ3v) is 1.47. The van der Waals surface area contributed by atoms with Gasteiger partial charge in [0.15, 0.2) is 0 Å². The molecule has 0 bridgehead atoms. The molecule has 1 saturated heterocycles. The second-order valence-electron chi connectivity index (χ2n) is 2.67. The van der Waals surface area contributed by atoms with Gasteiger partial charge in [0.2, 0.25) is 0 Å². The van der Waals surface area contributed by atoms with Gasteiger partial charge in [0.25, 0.3) is 0 Å². The minimum absolute atomic E-state index is 0.0787. The monoisotopic (exact) mass is 131 g/mol. The van der Waals surface area contributed by atoms with Gasteiger partial charge in [-0.25, -0.2) is 0 Å². The number of hydrogen-bond acceptors (Lipinski definition) is 3. The summed E-state index contributed by atoms with van der Waals surface area (Å²) in [5, 5.41) is 10.3. The number of nitrogens with zero attached hydrogens (tertiary/aromatic N) is 1. The highest BCUT2D eigenvalue weighted by Crippen LogP contribution is 2.14. The maximum absolute atomic E-state index is 9.07. The van der Waals surface area contributed by atoms with E-state index in [1.807, 2.05) is 13.8 Å². The Kier molecular flexibility index (Phi) is 2.05. The largest absolute Gasteiger partial charge is 0.359 e. The van der Waals surface area contributed by atoms with Crippen LogP contribution in [0.5, 0.6) is 0 Å². The lowest BCUT2D eigenvalue weighted by atomic mass is 10.2. The molecule has 1 unspecified atom stereocenters. The summed E-state index contributed by atoms with van der Waals surface area (Å²) in [5.41, 5.74) is 0. The molecule has 0 spiro atoms. The molecule has 0 radical (unpaired) electrons. The number of ether oxygens (including phenoxy) is 1. The van der Waals surface area contributed by atoms with E-state index in [2.05, 4.69) is 0 Å². The molecule has 1 rings (SSSR count). The molecule has 3 heteroatoms. The van der Waals surface area contributed by atoms with Gasteiger partial charge in [-0.2, -0.15) is 5.06 Å². The van der Waals surface area contributed by atoms with Crippen molar-refractivity contribution in [3.05, 3.63) is 0 Å². The van der Waals surface area contributed by atoms with Gasteiger partial charge in [0.1, 0.15) is 6.23 Å². The Hall–Kier alpha value is -0.120. The van der Waals surface area contributed by atoms with Crippen LogP contribution in [0.15, 0.2) is 0 Å². The fourth-order valence-corrected chi connectivity index (χ4v) is 1.02. The van der Waals surface area contributed by atoms with Gasteiger partial charge < -0.3 is 9.94 Å². The SMILES string of the molecule is CC(C)C1OCCN1O. The van der Waals surface area contributed by atoms with Gasteiger partial charge in [-0.1, -0.05) is 13.8 Å². The summed E-state index contributed by atoms with van der Waals surface area (Å²) in [4.78, 5) is 0. The van der Waals surface area contributed by atoms with Gasteiger partial charge in [0, 0.05) is 0 Å². The van der Waals surface area contributed by atoms with Crippen molar-refractivity contribution in [2.24, 2.45) is 5.92 Å². The van der Waals surface area contributed by atoms with Crippen LogP contribution in [0, 0.1) is 5.92 Å². The summed E-state index contributed by atoms with van der Waals surface area (Å²) < 4.78 is 5.20. The smallest absolute Gasteiger partial charge is 0.135 e. The first-order valence-electron chi connectivity index (χ1n) is 3.29. The van der Waals surface area contributed by atoms with Crippen LogP contribution < -0.4 is 0 Å². The first kappa shape index (κ1) is 6.99. The van der Waals surface area contributed by atoms with Gasteiger partial charge >= 0.3 is 0 Å². The molecule has 1 aliphatic rings. The molecule has 1 aliphatic heterocycles. The maximum Gasteiger partial charge on any atom is 0.135 e. The third-order valence-electron chi connectivity index (χ3n) is 1.47. The highest BCUT2D eigenvalue weighted by atomic mass is 16.6. The van der Waals surface area contributed by atoms with Crippen LogP contribution in [0.3, 0.4) is 0 Å². The van der Waals surface area contributed by atoms with E-state index in [1.54, 1.807) is 0 Å². The summed E-state index contributed by atoms with van der Waals surface area (Å²) in [7, 11) is 0. The zero-order valence-electron chi connectivity index (χ0n) is 5.87. The van der Waals surface area contributed by atoms with Crippen LogP contribution in [0.1, 0.15) is 13.8 Å². The van der Waals surface area contributed by atoms with E-state index in [0.29, 0.717) is 19.1 Å². The minimum atomic E-state index is -0.0787. The minimum Gasteiger partial charge on any atom is -0.359 e. The van der Waals surface area contributed by atoms with E-state index in [9.17, 15) is 0 Å². The zero-order valence-corrected chi connectivity index (χ0v) is 5.87. The number of hydrogen-bond donors (Lipinski definition) is 1. The second kappa shape index (κ2) is 2.64. The van der Waals surface area contributed by atoms with E-state index < -0.39 is 0 Å². The van der Waals surface area contributed by atoms with Crippen molar-refractivity contribution < 1.29 is 9.94 Å². The summed E-state index contributed by atoms with van der Waals surface area (Å²) >= 11 is 0. The van der Waals surface area contributed by atoms with Crippen molar-refractivity contribution >= 4 is 0 Å². The van der Waals surface area contributed by atoms with Crippen molar-refractivity contribution in [2.75, 3.05) is 13.2 Å². The van der Waals surface area contributed by atoms with Crippen LogP contribution in [0.2, 0.25) is 0 Å². The third kappa shape index (κ3) is 1.41. The second-order valence-corrected chi connectivity index (χ2v) is 2.67. The molecule has 0 amide bonds. The van der Waals surface area contributed by atoms with E-state index in [0.717, 1.165) is 0 Å². The topological polar surface area (TPSA) is 32.7 Å². The van der Waals surface area contributed by atoms with Gasteiger partial charge in [0.05, 0.1) is 13.2 Å². The maximum atomic E-state index is 9.07.